The molecule has 18 heavy (non-hydrogen) atoms. The van der Waals surface area contributed by atoms with Crippen LogP contribution in [0, 0.1) is 0 Å². The Labute approximate surface area is 102 Å². The zero-order valence-electron chi connectivity index (χ0n) is 9.70. The van der Waals surface area contributed by atoms with Gasteiger partial charge in [-0.1, -0.05) is 12.1 Å². The molecule has 0 atom stereocenters. The highest BCUT2D eigenvalue weighted by Crippen LogP contribution is 2.33. The van der Waals surface area contributed by atoms with Crippen molar-refractivity contribution >= 4 is 0 Å². The van der Waals surface area contributed by atoms with Gasteiger partial charge in [-0.25, -0.2) is 4.98 Å². The Hall–Kier alpha value is -1.82. The fraction of sp³-hybridized carbons (Fsp3) is 0.250. The molecule has 0 saturated carbocycles. The van der Waals surface area contributed by atoms with Crippen molar-refractivity contribution in [3.63, 3.8) is 0 Å². The fourth-order valence-corrected chi connectivity index (χ4v) is 1.71. The van der Waals surface area contributed by atoms with Crippen molar-refractivity contribution in [1.29, 1.82) is 0 Å². The first-order valence-electron chi connectivity index (χ1n) is 5.36. The van der Waals surface area contributed by atoms with Crippen molar-refractivity contribution in [2.75, 3.05) is 7.05 Å². The van der Waals surface area contributed by atoms with Crippen molar-refractivity contribution < 1.29 is 13.2 Å². The van der Waals surface area contributed by atoms with Gasteiger partial charge in [-0.15, -0.1) is 0 Å². The normalized spacial score (nSPS) is 11.8. The van der Waals surface area contributed by atoms with E-state index in [1.165, 1.54) is 23.0 Å². The van der Waals surface area contributed by atoms with E-state index >= 15 is 0 Å². The summed E-state index contributed by atoms with van der Waals surface area (Å²) < 4.78 is 39.9. The molecule has 2 aromatic rings. The van der Waals surface area contributed by atoms with Crippen LogP contribution < -0.4 is 5.32 Å². The Morgan fingerprint density at radius 1 is 1.28 bits per heavy atom. The van der Waals surface area contributed by atoms with Crippen molar-refractivity contribution in [2.24, 2.45) is 0 Å². The summed E-state index contributed by atoms with van der Waals surface area (Å²) >= 11 is 0. The number of halogens is 3. The van der Waals surface area contributed by atoms with Gasteiger partial charge < -0.3 is 9.88 Å². The van der Waals surface area contributed by atoms with E-state index < -0.39 is 11.7 Å². The van der Waals surface area contributed by atoms with Crippen molar-refractivity contribution in [3.8, 4) is 5.69 Å². The van der Waals surface area contributed by atoms with Crippen LogP contribution in [0.2, 0.25) is 0 Å². The van der Waals surface area contributed by atoms with Gasteiger partial charge >= 0.3 is 6.18 Å². The average Bonchev–Trinajstić information content (AvgIpc) is 2.77. The third-order valence-electron chi connectivity index (χ3n) is 2.48. The summed E-state index contributed by atoms with van der Waals surface area (Å²) in [5.41, 5.74) is 0.104. The van der Waals surface area contributed by atoms with Gasteiger partial charge in [-0.3, -0.25) is 0 Å². The molecule has 0 aliphatic heterocycles. The number of hydrogen-bond donors (Lipinski definition) is 1. The largest absolute Gasteiger partial charge is 0.418 e. The number of nitrogens with one attached hydrogen (secondary N) is 1. The summed E-state index contributed by atoms with van der Waals surface area (Å²) in [5, 5.41) is 2.90. The molecule has 1 N–H and O–H groups in total. The summed E-state index contributed by atoms with van der Waals surface area (Å²) in [6, 6.07) is 5.43. The summed E-state index contributed by atoms with van der Waals surface area (Å²) in [6.07, 6.45) is -1.40. The molecule has 1 aromatic carbocycles. The molecule has 0 unspecified atom stereocenters. The van der Waals surface area contributed by atoms with E-state index in [4.69, 9.17) is 0 Å². The van der Waals surface area contributed by atoms with Crippen molar-refractivity contribution in [3.05, 3.63) is 48.0 Å². The predicted molar refractivity (Wildman–Crippen MR) is 61.3 cm³/mol. The van der Waals surface area contributed by atoms with Crippen molar-refractivity contribution in [1.82, 2.24) is 14.9 Å². The number of aromatic nitrogens is 2. The zero-order valence-corrected chi connectivity index (χ0v) is 9.70. The molecule has 0 saturated heterocycles. The van der Waals surface area contributed by atoms with Crippen LogP contribution in [-0.2, 0) is 12.7 Å². The Morgan fingerprint density at radius 3 is 2.67 bits per heavy atom. The number of alkyl halides is 3. The maximum atomic E-state index is 12.8. The Morgan fingerprint density at radius 2 is 2.00 bits per heavy atom. The molecule has 0 bridgehead atoms. The van der Waals surface area contributed by atoms with Gasteiger partial charge in [0.1, 0.15) is 0 Å². The molecule has 2 rings (SSSR count). The Kier molecular flexibility index (Phi) is 3.38. The van der Waals surface area contributed by atoms with Gasteiger partial charge in [0.15, 0.2) is 0 Å². The van der Waals surface area contributed by atoms with Crippen LogP contribution in [0.1, 0.15) is 11.3 Å². The molecule has 96 valence electrons. The SMILES string of the molecule is CNCc1cn(-c2ccccc2C(F)(F)F)cn1. The highest BCUT2D eigenvalue weighted by atomic mass is 19.4. The minimum Gasteiger partial charge on any atom is -0.314 e. The lowest BCUT2D eigenvalue weighted by Gasteiger charge is -2.12. The molecule has 0 aliphatic carbocycles. The molecule has 3 nitrogen and oxygen atoms in total. The Balaban J connectivity index is 2.43. The number of rotatable bonds is 3. The molecule has 0 spiro atoms. The van der Waals surface area contributed by atoms with Crippen LogP contribution in [-0.4, -0.2) is 16.6 Å². The van der Waals surface area contributed by atoms with Gasteiger partial charge in [-0.2, -0.15) is 13.2 Å². The topological polar surface area (TPSA) is 29.9 Å². The highest BCUT2D eigenvalue weighted by molar-refractivity contribution is 5.43. The number of para-hydroxylation sites is 1. The first-order valence-corrected chi connectivity index (χ1v) is 5.36. The summed E-state index contributed by atoms with van der Waals surface area (Å²) in [7, 11) is 1.75. The van der Waals surface area contributed by atoms with Gasteiger partial charge in [0.25, 0.3) is 0 Å². The molecule has 6 heteroatoms. The maximum Gasteiger partial charge on any atom is 0.418 e. The summed E-state index contributed by atoms with van der Waals surface area (Å²) in [6.45, 7) is 0.515. The van der Waals surface area contributed by atoms with E-state index in [2.05, 4.69) is 10.3 Å². The van der Waals surface area contributed by atoms with Crippen LogP contribution in [0.4, 0.5) is 13.2 Å². The van der Waals surface area contributed by atoms with E-state index in [1.54, 1.807) is 19.3 Å². The number of benzene rings is 1. The van der Waals surface area contributed by atoms with Gasteiger partial charge in [-0.05, 0) is 19.2 Å². The predicted octanol–water partition coefficient (Wildman–Crippen LogP) is 2.61. The second-order valence-corrected chi connectivity index (χ2v) is 3.82. The van der Waals surface area contributed by atoms with Crippen LogP contribution in [0.3, 0.4) is 0 Å². The second kappa shape index (κ2) is 4.81. The zero-order chi connectivity index (χ0) is 13.2. The summed E-state index contributed by atoms with van der Waals surface area (Å²) in [4.78, 5) is 4.04. The highest BCUT2D eigenvalue weighted by Gasteiger charge is 2.33. The maximum absolute atomic E-state index is 12.8. The monoisotopic (exact) mass is 255 g/mol. The molecular formula is C12H12F3N3. The molecule has 0 aliphatic rings. The van der Waals surface area contributed by atoms with E-state index in [0.717, 1.165) is 6.07 Å². The molecule has 1 heterocycles. The lowest BCUT2D eigenvalue weighted by Crippen LogP contribution is -2.10. The van der Waals surface area contributed by atoms with Crippen LogP contribution in [0.15, 0.2) is 36.8 Å². The summed E-state index contributed by atoms with van der Waals surface area (Å²) in [5.74, 6) is 0. The van der Waals surface area contributed by atoms with E-state index in [9.17, 15) is 13.2 Å². The Bertz CT molecular complexity index is 531. The molecule has 0 amide bonds. The number of imidazole rings is 1. The van der Waals surface area contributed by atoms with Crippen molar-refractivity contribution in [2.45, 2.75) is 12.7 Å². The lowest BCUT2D eigenvalue weighted by atomic mass is 10.1. The minimum atomic E-state index is -4.37. The first kappa shape index (κ1) is 12.6. The second-order valence-electron chi connectivity index (χ2n) is 3.82. The standard InChI is InChI=1S/C12H12F3N3/c1-16-6-9-7-18(8-17-9)11-5-3-2-4-10(11)12(13,14)15/h2-5,7-8,16H,6H2,1H3. The van der Waals surface area contributed by atoms with Gasteiger partial charge in [0, 0.05) is 12.7 Å². The number of hydrogen-bond acceptors (Lipinski definition) is 2. The minimum absolute atomic E-state index is 0.0832. The van der Waals surface area contributed by atoms with Gasteiger partial charge in [0.2, 0.25) is 0 Å². The van der Waals surface area contributed by atoms with E-state index in [0.29, 0.717) is 12.2 Å². The third-order valence-corrected chi connectivity index (χ3v) is 2.48. The number of nitrogens with zero attached hydrogens (tertiary/aromatic N) is 2. The third kappa shape index (κ3) is 2.53. The quantitative estimate of drug-likeness (QED) is 0.913. The van der Waals surface area contributed by atoms with Crippen LogP contribution >= 0.6 is 0 Å². The fourth-order valence-electron chi connectivity index (χ4n) is 1.71. The smallest absolute Gasteiger partial charge is 0.314 e. The molecule has 0 radical (unpaired) electrons. The van der Waals surface area contributed by atoms with Crippen LogP contribution in [0.5, 0.6) is 0 Å². The van der Waals surface area contributed by atoms with Crippen LogP contribution in [0.25, 0.3) is 5.69 Å². The first-order chi connectivity index (χ1) is 8.52. The molecule has 1 aromatic heterocycles. The molecular weight excluding hydrogens is 243 g/mol. The van der Waals surface area contributed by atoms with Gasteiger partial charge in [0.05, 0.1) is 23.3 Å². The van der Waals surface area contributed by atoms with E-state index in [-0.39, 0.29) is 5.69 Å². The lowest BCUT2D eigenvalue weighted by molar-refractivity contribution is -0.137. The van der Waals surface area contributed by atoms with E-state index in [1.807, 2.05) is 0 Å². The molecule has 0 fully saturated rings. The average molecular weight is 255 g/mol.